The maximum Gasteiger partial charge on any atom is 0.255 e. The minimum atomic E-state index is -0.367. The van der Waals surface area contributed by atoms with Crippen LogP contribution in [0.2, 0.25) is 0 Å². The maximum absolute atomic E-state index is 12.8. The molecule has 118 valence electrons. The van der Waals surface area contributed by atoms with Gasteiger partial charge in [0.15, 0.2) is 0 Å². The van der Waals surface area contributed by atoms with Crippen LogP contribution in [0.25, 0.3) is 6.08 Å². The van der Waals surface area contributed by atoms with E-state index in [-0.39, 0.29) is 17.6 Å². The fourth-order valence-electron chi connectivity index (χ4n) is 1.94. The molecule has 0 atom stereocenters. The van der Waals surface area contributed by atoms with Crippen molar-refractivity contribution in [3.05, 3.63) is 71.6 Å². The molecule has 0 saturated heterocycles. The predicted octanol–water partition coefficient (Wildman–Crippen LogP) is 3.18. The van der Waals surface area contributed by atoms with E-state index in [1.165, 1.54) is 23.1 Å². The molecule has 0 saturated carbocycles. The Labute approximate surface area is 134 Å². The highest BCUT2D eigenvalue weighted by atomic mass is 19.1. The Morgan fingerprint density at radius 3 is 2.35 bits per heavy atom. The number of carbonyl (C=O) groups excluding carboxylic acids is 2. The monoisotopic (exact) mass is 312 g/mol. The zero-order chi connectivity index (χ0) is 16.8. The van der Waals surface area contributed by atoms with Gasteiger partial charge in [-0.3, -0.25) is 9.59 Å². The summed E-state index contributed by atoms with van der Waals surface area (Å²) in [6, 6.07) is 12.6. The lowest BCUT2D eigenvalue weighted by molar-refractivity contribution is -0.111. The van der Waals surface area contributed by atoms with Crippen LogP contribution in [0.15, 0.2) is 54.6 Å². The number of nitrogens with one attached hydrogen (secondary N) is 1. The van der Waals surface area contributed by atoms with Crippen LogP contribution >= 0.6 is 0 Å². The minimum Gasteiger partial charge on any atom is -0.345 e. The van der Waals surface area contributed by atoms with Gasteiger partial charge >= 0.3 is 0 Å². The van der Waals surface area contributed by atoms with Crippen LogP contribution in [0.4, 0.5) is 10.1 Å². The molecule has 0 spiro atoms. The summed E-state index contributed by atoms with van der Waals surface area (Å²) >= 11 is 0. The van der Waals surface area contributed by atoms with Gasteiger partial charge in [0.2, 0.25) is 5.91 Å². The first kappa shape index (κ1) is 16.4. The average Bonchev–Trinajstić information content (AvgIpc) is 2.54. The maximum atomic E-state index is 12.8. The highest BCUT2D eigenvalue weighted by Gasteiger charge is 2.13. The molecule has 0 fully saturated rings. The largest absolute Gasteiger partial charge is 0.345 e. The fraction of sp³-hybridized carbons (Fsp3) is 0.111. The Balaban J connectivity index is 2.11. The Bertz CT molecular complexity index is 737. The number of anilines is 1. The van der Waals surface area contributed by atoms with Crippen LogP contribution < -0.4 is 5.32 Å². The minimum absolute atomic E-state index is 0.191. The van der Waals surface area contributed by atoms with Crippen molar-refractivity contribution in [1.29, 1.82) is 0 Å². The van der Waals surface area contributed by atoms with Crippen molar-refractivity contribution < 1.29 is 14.0 Å². The van der Waals surface area contributed by atoms with E-state index in [1.807, 2.05) is 0 Å². The molecule has 0 aromatic heterocycles. The standard InChI is InChI=1S/C18H17FN2O2/c1-21(2)18(23)15-5-3-4-6-16(15)20-17(22)12-9-13-7-10-14(19)11-8-13/h3-12H,1-2H3,(H,20,22). The van der Waals surface area contributed by atoms with Crippen molar-refractivity contribution in [2.75, 3.05) is 19.4 Å². The first-order chi connectivity index (χ1) is 11.0. The first-order valence-corrected chi connectivity index (χ1v) is 7.02. The topological polar surface area (TPSA) is 49.4 Å². The van der Waals surface area contributed by atoms with Crippen LogP contribution in [0, 0.1) is 5.82 Å². The van der Waals surface area contributed by atoms with Crippen LogP contribution in [0.3, 0.4) is 0 Å². The summed E-state index contributed by atoms with van der Waals surface area (Å²) in [7, 11) is 3.30. The van der Waals surface area contributed by atoms with Crippen LogP contribution in [-0.4, -0.2) is 30.8 Å². The van der Waals surface area contributed by atoms with Gasteiger partial charge in [-0.05, 0) is 35.9 Å². The lowest BCUT2D eigenvalue weighted by atomic mass is 10.1. The van der Waals surface area contributed by atoms with E-state index in [0.717, 1.165) is 0 Å². The molecule has 2 rings (SSSR count). The van der Waals surface area contributed by atoms with Gasteiger partial charge in [0.25, 0.3) is 5.91 Å². The molecule has 0 heterocycles. The number of hydrogen-bond acceptors (Lipinski definition) is 2. The average molecular weight is 312 g/mol. The fourth-order valence-corrected chi connectivity index (χ4v) is 1.94. The summed E-state index contributed by atoms with van der Waals surface area (Å²) in [5.74, 6) is -0.889. The lowest BCUT2D eigenvalue weighted by Gasteiger charge is -2.14. The third kappa shape index (κ3) is 4.51. The van der Waals surface area contributed by atoms with Crippen molar-refractivity contribution in [3.63, 3.8) is 0 Å². The number of halogens is 1. The van der Waals surface area contributed by atoms with Crippen molar-refractivity contribution in [3.8, 4) is 0 Å². The molecule has 4 nitrogen and oxygen atoms in total. The molecule has 0 aliphatic rings. The second-order valence-electron chi connectivity index (χ2n) is 5.12. The number of carbonyl (C=O) groups is 2. The van der Waals surface area contributed by atoms with E-state index in [2.05, 4.69) is 5.32 Å². The second-order valence-corrected chi connectivity index (χ2v) is 5.12. The summed E-state index contributed by atoms with van der Waals surface area (Å²) in [6.07, 6.45) is 2.91. The van der Waals surface area contributed by atoms with Crippen molar-refractivity contribution >= 4 is 23.6 Å². The first-order valence-electron chi connectivity index (χ1n) is 7.02. The van der Waals surface area contributed by atoms with Crippen LogP contribution in [0.5, 0.6) is 0 Å². The quantitative estimate of drug-likeness (QED) is 0.882. The Hall–Kier alpha value is -2.95. The molecular formula is C18H17FN2O2. The molecule has 1 N–H and O–H groups in total. The van der Waals surface area contributed by atoms with Crippen molar-refractivity contribution in [2.24, 2.45) is 0 Å². The zero-order valence-electron chi connectivity index (χ0n) is 12.9. The lowest BCUT2D eigenvalue weighted by Crippen LogP contribution is -2.23. The van der Waals surface area contributed by atoms with Crippen molar-refractivity contribution in [2.45, 2.75) is 0 Å². The molecule has 0 radical (unpaired) electrons. The third-order valence-electron chi connectivity index (χ3n) is 3.12. The highest BCUT2D eigenvalue weighted by molar-refractivity contribution is 6.07. The van der Waals surface area contributed by atoms with Gasteiger partial charge in [-0.1, -0.05) is 24.3 Å². The molecule has 0 unspecified atom stereocenters. The van der Waals surface area contributed by atoms with Gasteiger partial charge in [-0.25, -0.2) is 4.39 Å². The third-order valence-corrected chi connectivity index (χ3v) is 3.12. The van der Waals surface area contributed by atoms with Gasteiger partial charge in [-0.15, -0.1) is 0 Å². The Morgan fingerprint density at radius 2 is 1.70 bits per heavy atom. The van der Waals surface area contributed by atoms with Gasteiger partial charge in [0, 0.05) is 20.2 Å². The SMILES string of the molecule is CN(C)C(=O)c1ccccc1NC(=O)C=Cc1ccc(F)cc1. The zero-order valence-corrected chi connectivity index (χ0v) is 12.9. The molecule has 0 bridgehead atoms. The van der Waals surface area contributed by atoms with E-state index in [0.29, 0.717) is 16.8 Å². The summed E-state index contributed by atoms with van der Waals surface area (Å²) in [5, 5.41) is 2.68. The number of amides is 2. The number of nitrogens with zero attached hydrogens (tertiary/aromatic N) is 1. The molecule has 2 aromatic rings. The van der Waals surface area contributed by atoms with Crippen molar-refractivity contribution in [1.82, 2.24) is 4.90 Å². The molecule has 0 aliphatic carbocycles. The summed E-state index contributed by atoms with van der Waals surface area (Å²) in [6.45, 7) is 0. The van der Waals surface area contributed by atoms with Gasteiger partial charge in [0.05, 0.1) is 11.3 Å². The predicted molar refractivity (Wildman–Crippen MR) is 88.5 cm³/mol. The van der Waals surface area contributed by atoms with E-state index >= 15 is 0 Å². The van der Waals surface area contributed by atoms with Crippen LogP contribution in [0.1, 0.15) is 15.9 Å². The van der Waals surface area contributed by atoms with E-state index in [4.69, 9.17) is 0 Å². The van der Waals surface area contributed by atoms with Gasteiger partial charge < -0.3 is 10.2 Å². The van der Waals surface area contributed by atoms with Crippen LogP contribution in [-0.2, 0) is 4.79 Å². The summed E-state index contributed by atoms with van der Waals surface area (Å²) in [5.41, 5.74) is 1.57. The smallest absolute Gasteiger partial charge is 0.255 e. The van der Waals surface area contributed by atoms with Gasteiger partial charge in [-0.2, -0.15) is 0 Å². The van der Waals surface area contributed by atoms with E-state index in [1.54, 1.807) is 56.6 Å². The Kier molecular flexibility index (Phi) is 5.25. The number of rotatable bonds is 4. The second kappa shape index (κ2) is 7.35. The number of hydrogen-bond donors (Lipinski definition) is 1. The van der Waals surface area contributed by atoms with E-state index < -0.39 is 0 Å². The molecule has 0 aliphatic heterocycles. The molecule has 2 amide bonds. The van der Waals surface area contributed by atoms with Gasteiger partial charge in [0.1, 0.15) is 5.82 Å². The Morgan fingerprint density at radius 1 is 1.04 bits per heavy atom. The molecule has 5 heteroatoms. The summed E-state index contributed by atoms with van der Waals surface area (Å²) < 4.78 is 12.8. The van der Waals surface area contributed by atoms with E-state index in [9.17, 15) is 14.0 Å². The summed E-state index contributed by atoms with van der Waals surface area (Å²) in [4.78, 5) is 25.5. The normalized spacial score (nSPS) is 10.6. The highest BCUT2D eigenvalue weighted by Crippen LogP contribution is 2.16. The molecule has 2 aromatic carbocycles. The molecule has 23 heavy (non-hydrogen) atoms. The molecular weight excluding hydrogens is 295 g/mol. The number of benzene rings is 2. The number of para-hydroxylation sites is 1.